The molecule has 0 aliphatic carbocycles. The molecule has 6 heteroatoms. The van der Waals surface area contributed by atoms with Crippen molar-refractivity contribution in [3.8, 4) is 5.69 Å². The SMILES string of the molecule is CC(NS(=O)(=O)C(C)C)c1ccccc1-n1cccn1. The van der Waals surface area contributed by atoms with Crippen molar-refractivity contribution in [2.75, 3.05) is 0 Å². The summed E-state index contributed by atoms with van der Waals surface area (Å²) in [5, 5.41) is 3.74. The Labute approximate surface area is 119 Å². The predicted molar refractivity (Wildman–Crippen MR) is 79.2 cm³/mol. The maximum Gasteiger partial charge on any atom is 0.214 e. The van der Waals surface area contributed by atoms with E-state index in [0.717, 1.165) is 11.3 Å². The van der Waals surface area contributed by atoms with Crippen LogP contribution in [0.3, 0.4) is 0 Å². The Morgan fingerprint density at radius 1 is 1.15 bits per heavy atom. The zero-order valence-corrected chi connectivity index (χ0v) is 12.6. The number of nitrogens with zero attached hydrogens (tertiary/aromatic N) is 2. The number of sulfonamides is 1. The van der Waals surface area contributed by atoms with Crippen molar-refractivity contribution in [2.45, 2.75) is 32.1 Å². The normalized spacial score (nSPS) is 13.6. The van der Waals surface area contributed by atoms with Gasteiger partial charge in [0.1, 0.15) is 0 Å². The van der Waals surface area contributed by atoms with Crippen LogP contribution in [-0.2, 0) is 10.0 Å². The van der Waals surface area contributed by atoms with Crippen molar-refractivity contribution in [3.63, 3.8) is 0 Å². The Kier molecular flexibility index (Phi) is 4.25. The average molecular weight is 293 g/mol. The second-order valence-corrected chi connectivity index (χ2v) is 7.21. The Hall–Kier alpha value is -1.66. The molecule has 1 aromatic heterocycles. The molecular weight excluding hydrogens is 274 g/mol. The Balaban J connectivity index is 2.34. The summed E-state index contributed by atoms with van der Waals surface area (Å²) in [6.07, 6.45) is 3.53. The molecule has 1 N–H and O–H groups in total. The van der Waals surface area contributed by atoms with Crippen LogP contribution < -0.4 is 4.72 Å². The van der Waals surface area contributed by atoms with Crippen LogP contribution in [-0.4, -0.2) is 23.4 Å². The lowest BCUT2D eigenvalue weighted by Crippen LogP contribution is -2.33. The molecule has 0 amide bonds. The molecule has 0 radical (unpaired) electrons. The molecule has 0 saturated heterocycles. The number of hydrogen-bond donors (Lipinski definition) is 1. The first kappa shape index (κ1) is 14.7. The molecule has 0 fully saturated rings. The van der Waals surface area contributed by atoms with Gasteiger partial charge in [-0.3, -0.25) is 0 Å². The summed E-state index contributed by atoms with van der Waals surface area (Å²) in [6.45, 7) is 5.16. The molecule has 108 valence electrons. The second kappa shape index (κ2) is 5.76. The van der Waals surface area contributed by atoms with Crippen molar-refractivity contribution in [3.05, 3.63) is 48.3 Å². The van der Waals surface area contributed by atoms with E-state index in [-0.39, 0.29) is 6.04 Å². The van der Waals surface area contributed by atoms with E-state index in [9.17, 15) is 8.42 Å². The standard InChI is InChI=1S/C14H19N3O2S/c1-11(2)20(18,19)16-12(3)13-7-4-5-8-14(13)17-10-6-9-15-17/h4-12,16H,1-3H3. The molecule has 20 heavy (non-hydrogen) atoms. The smallest absolute Gasteiger partial charge is 0.214 e. The number of aromatic nitrogens is 2. The van der Waals surface area contributed by atoms with Gasteiger partial charge >= 0.3 is 0 Å². The summed E-state index contributed by atoms with van der Waals surface area (Å²) in [7, 11) is -3.31. The second-order valence-electron chi connectivity index (χ2n) is 4.94. The zero-order valence-electron chi connectivity index (χ0n) is 11.8. The number of nitrogens with one attached hydrogen (secondary N) is 1. The van der Waals surface area contributed by atoms with Gasteiger partial charge in [0.2, 0.25) is 10.0 Å². The van der Waals surface area contributed by atoms with Gasteiger partial charge in [0, 0.05) is 18.4 Å². The first-order chi connectivity index (χ1) is 9.42. The molecule has 5 nitrogen and oxygen atoms in total. The summed E-state index contributed by atoms with van der Waals surface area (Å²) < 4.78 is 28.4. The van der Waals surface area contributed by atoms with E-state index in [0.29, 0.717) is 0 Å². The fourth-order valence-electron chi connectivity index (χ4n) is 1.92. The van der Waals surface area contributed by atoms with Gasteiger partial charge in [-0.1, -0.05) is 18.2 Å². The highest BCUT2D eigenvalue weighted by Crippen LogP contribution is 2.22. The van der Waals surface area contributed by atoms with Gasteiger partial charge in [-0.25, -0.2) is 17.8 Å². The van der Waals surface area contributed by atoms with Crippen LogP contribution in [0.4, 0.5) is 0 Å². The van der Waals surface area contributed by atoms with Crippen molar-refractivity contribution in [2.24, 2.45) is 0 Å². The van der Waals surface area contributed by atoms with Crippen molar-refractivity contribution in [1.29, 1.82) is 0 Å². The van der Waals surface area contributed by atoms with Gasteiger partial charge in [-0.15, -0.1) is 0 Å². The monoisotopic (exact) mass is 293 g/mol. The maximum absolute atomic E-state index is 12.0. The first-order valence-corrected chi connectivity index (χ1v) is 8.06. The van der Waals surface area contributed by atoms with E-state index < -0.39 is 15.3 Å². The topological polar surface area (TPSA) is 64.0 Å². The van der Waals surface area contributed by atoms with Gasteiger partial charge in [0.15, 0.2) is 0 Å². The summed E-state index contributed by atoms with van der Waals surface area (Å²) >= 11 is 0. The zero-order chi connectivity index (χ0) is 14.8. The summed E-state index contributed by atoms with van der Waals surface area (Å²) in [4.78, 5) is 0. The fraction of sp³-hybridized carbons (Fsp3) is 0.357. The molecule has 0 aliphatic heterocycles. The van der Waals surface area contributed by atoms with Crippen LogP contribution >= 0.6 is 0 Å². The largest absolute Gasteiger partial charge is 0.241 e. The molecule has 0 aliphatic rings. The predicted octanol–water partition coefficient (Wildman–Crippen LogP) is 2.26. The van der Waals surface area contributed by atoms with Crippen LogP contribution in [0.25, 0.3) is 5.69 Å². The third-order valence-electron chi connectivity index (χ3n) is 3.12. The highest BCUT2D eigenvalue weighted by atomic mass is 32.2. The highest BCUT2D eigenvalue weighted by molar-refractivity contribution is 7.90. The summed E-state index contributed by atoms with van der Waals surface area (Å²) in [5.74, 6) is 0. The van der Waals surface area contributed by atoms with Crippen molar-refractivity contribution >= 4 is 10.0 Å². The minimum Gasteiger partial charge on any atom is -0.241 e. The molecule has 0 saturated carbocycles. The van der Waals surface area contributed by atoms with Crippen LogP contribution in [0.15, 0.2) is 42.7 Å². The van der Waals surface area contributed by atoms with Gasteiger partial charge in [0.05, 0.1) is 10.9 Å². The number of para-hydroxylation sites is 1. The third kappa shape index (κ3) is 3.08. The molecule has 0 spiro atoms. The van der Waals surface area contributed by atoms with E-state index in [1.165, 1.54) is 0 Å². The molecular formula is C14H19N3O2S. The lowest BCUT2D eigenvalue weighted by atomic mass is 10.1. The Morgan fingerprint density at radius 3 is 2.45 bits per heavy atom. The minimum absolute atomic E-state index is 0.317. The quantitative estimate of drug-likeness (QED) is 0.919. The van der Waals surface area contributed by atoms with Crippen LogP contribution in [0.2, 0.25) is 0 Å². The first-order valence-electron chi connectivity index (χ1n) is 6.52. The highest BCUT2D eigenvalue weighted by Gasteiger charge is 2.21. The maximum atomic E-state index is 12.0. The number of rotatable bonds is 5. The van der Waals surface area contributed by atoms with E-state index in [2.05, 4.69) is 9.82 Å². The van der Waals surface area contributed by atoms with E-state index >= 15 is 0 Å². The summed E-state index contributed by atoms with van der Waals surface area (Å²) in [5.41, 5.74) is 1.76. The van der Waals surface area contributed by atoms with Crippen molar-refractivity contribution in [1.82, 2.24) is 14.5 Å². The van der Waals surface area contributed by atoms with Gasteiger partial charge in [0.25, 0.3) is 0 Å². The summed E-state index contributed by atoms with van der Waals surface area (Å²) in [6, 6.07) is 9.14. The van der Waals surface area contributed by atoms with Gasteiger partial charge in [-0.05, 0) is 38.5 Å². The fourth-order valence-corrected chi connectivity index (χ4v) is 2.81. The molecule has 0 bridgehead atoms. The molecule has 1 aromatic carbocycles. The third-order valence-corrected chi connectivity index (χ3v) is 5.04. The number of benzene rings is 1. The molecule has 2 rings (SSSR count). The molecule has 2 aromatic rings. The molecule has 1 heterocycles. The molecule has 1 atom stereocenters. The minimum atomic E-state index is -3.31. The van der Waals surface area contributed by atoms with Crippen LogP contribution in [0.5, 0.6) is 0 Å². The van der Waals surface area contributed by atoms with Gasteiger partial charge < -0.3 is 0 Å². The molecule has 1 unspecified atom stereocenters. The van der Waals surface area contributed by atoms with Crippen LogP contribution in [0, 0.1) is 0 Å². The van der Waals surface area contributed by atoms with Gasteiger partial charge in [-0.2, -0.15) is 5.10 Å². The Morgan fingerprint density at radius 2 is 1.85 bits per heavy atom. The van der Waals surface area contributed by atoms with Crippen molar-refractivity contribution < 1.29 is 8.42 Å². The van der Waals surface area contributed by atoms with E-state index in [4.69, 9.17) is 0 Å². The number of hydrogen-bond acceptors (Lipinski definition) is 3. The lowest BCUT2D eigenvalue weighted by molar-refractivity contribution is 0.557. The van der Waals surface area contributed by atoms with Crippen LogP contribution in [0.1, 0.15) is 32.4 Å². The average Bonchev–Trinajstić information content (AvgIpc) is 2.91. The Bertz CT molecular complexity index is 663. The van der Waals surface area contributed by atoms with E-state index in [1.807, 2.05) is 43.5 Å². The lowest BCUT2D eigenvalue weighted by Gasteiger charge is -2.19. The van der Waals surface area contributed by atoms with E-state index in [1.54, 1.807) is 24.7 Å².